The lowest BCUT2D eigenvalue weighted by Crippen LogP contribution is -2.45. The molecule has 1 aromatic heterocycles. The highest BCUT2D eigenvalue weighted by Crippen LogP contribution is 2.20. The van der Waals surface area contributed by atoms with E-state index in [1.165, 1.54) is 0 Å². The second kappa shape index (κ2) is 9.10. The molecule has 1 amide bonds. The number of likely N-dealkylation sites (tertiary alicyclic amines) is 1. The molecule has 2 N–H and O–H groups in total. The minimum atomic E-state index is 0.125. The van der Waals surface area contributed by atoms with E-state index in [1.807, 2.05) is 18.2 Å². The second-order valence-corrected chi connectivity index (χ2v) is 5.88. The van der Waals surface area contributed by atoms with E-state index in [4.69, 9.17) is 4.74 Å². The van der Waals surface area contributed by atoms with Crippen LogP contribution in [0.5, 0.6) is 5.88 Å². The predicted molar refractivity (Wildman–Crippen MR) is 94.0 cm³/mol. The van der Waals surface area contributed by atoms with Crippen molar-refractivity contribution in [2.75, 3.05) is 34.3 Å². The molecule has 132 valence electrons. The zero-order valence-electron chi connectivity index (χ0n) is 14.7. The molecule has 7 heteroatoms. The summed E-state index contributed by atoms with van der Waals surface area (Å²) in [5.74, 6) is 2.07. The van der Waals surface area contributed by atoms with Gasteiger partial charge in [-0.1, -0.05) is 6.07 Å². The molecule has 7 nitrogen and oxygen atoms in total. The Kier molecular flexibility index (Phi) is 6.84. The first kappa shape index (κ1) is 18.0. The summed E-state index contributed by atoms with van der Waals surface area (Å²) in [6.45, 7) is 2.42. The molecule has 1 aliphatic rings. The van der Waals surface area contributed by atoms with E-state index in [-0.39, 0.29) is 5.91 Å². The largest absolute Gasteiger partial charge is 0.481 e. The molecule has 1 aromatic rings. The van der Waals surface area contributed by atoms with E-state index in [0.717, 1.165) is 37.6 Å². The first-order valence-corrected chi connectivity index (χ1v) is 8.32. The number of piperidine rings is 1. The molecule has 0 spiro atoms. The molecular weight excluding hydrogens is 306 g/mol. The van der Waals surface area contributed by atoms with Crippen molar-refractivity contribution in [3.8, 4) is 5.88 Å². The lowest BCUT2D eigenvalue weighted by Gasteiger charge is -2.34. The Labute approximate surface area is 143 Å². The number of nitrogens with zero attached hydrogens (tertiary/aromatic N) is 3. The highest BCUT2D eigenvalue weighted by molar-refractivity contribution is 5.80. The summed E-state index contributed by atoms with van der Waals surface area (Å²) in [5, 5.41) is 6.05. The number of amides is 1. The zero-order valence-corrected chi connectivity index (χ0v) is 14.7. The molecule has 2 heterocycles. The van der Waals surface area contributed by atoms with Crippen LogP contribution >= 0.6 is 0 Å². The van der Waals surface area contributed by atoms with Gasteiger partial charge in [0.25, 0.3) is 0 Å². The number of carbonyl (C=O) groups is 1. The van der Waals surface area contributed by atoms with Crippen molar-refractivity contribution in [3.05, 3.63) is 23.9 Å². The van der Waals surface area contributed by atoms with Crippen LogP contribution in [0.25, 0.3) is 0 Å². The van der Waals surface area contributed by atoms with Gasteiger partial charge < -0.3 is 20.3 Å². The van der Waals surface area contributed by atoms with E-state index < -0.39 is 0 Å². The van der Waals surface area contributed by atoms with E-state index >= 15 is 0 Å². The van der Waals surface area contributed by atoms with Crippen molar-refractivity contribution in [2.45, 2.75) is 25.8 Å². The van der Waals surface area contributed by atoms with Gasteiger partial charge in [0, 0.05) is 39.7 Å². The molecule has 0 saturated carbocycles. The standard InChI is InChI=1S/C17H27N5O2/c1-18-15(23)11-13-7-9-22(10-8-13)17(19-2)20-12-14-5-4-6-16(21-14)24-3/h4-6,13H,7-12H2,1-3H3,(H,18,23)(H,19,20). The smallest absolute Gasteiger partial charge is 0.220 e. The van der Waals surface area contributed by atoms with Crippen molar-refractivity contribution in [2.24, 2.45) is 10.9 Å². The lowest BCUT2D eigenvalue weighted by molar-refractivity contribution is -0.121. The first-order chi connectivity index (χ1) is 11.7. The van der Waals surface area contributed by atoms with Gasteiger partial charge in [-0.2, -0.15) is 0 Å². The monoisotopic (exact) mass is 333 g/mol. The summed E-state index contributed by atoms with van der Waals surface area (Å²) in [6, 6.07) is 5.71. The highest BCUT2D eigenvalue weighted by Gasteiger charge is 2.23. The lowest BCUT2D eigenvalue weighted by atomic mass is 9.93. The Hall–Kier alpha value is -2.31. The summed E-state index contributed by atoms with van der Waals surface area (Å²) in [4.78, 5) is 22.5. The Morgan fingerprint density at radius 1 is 1.42 bits per heavy atom. The van der Waals surface area contributed by atoms with Gasteiger partial charge in [0.2, 0.25) is 11.8 Å². The number of rotatable bonds is 5. The molecule has 0 radical (unpaired) electrons. The third-order valence-electron chi connectivity index (χ3n) is 4.30. The van der Waals surface area contributed by atoms with Crippen LogP contribution in [0.4, 0.5) is 0 Å². The minimum absolute atomic E-state index is 0.125. The number of nitrogens with one attached hydrogen (secondary N) is 2. The van der Waals surface area contributed by atoms with Crippen LogP contribution in [0.3, 0.4) is 0 Å². The van der Waals surface area contributed by atoms with Gasteiger partial charge >= 0.3 is 0 Å². The summed E-state index contributed by atoms with van der Waals surface area (Å²) in [5.41, 5.74) is 0.907. The molecular formula is C17H27N5O2. The Balaban J connectivity index is 1.83. The van der Waals surface area contributed by atoms with E-state index in [2.05, 4.69) is 25.5 Å². The van der Waals surface area contributed by atoms with Gasteiger partial charge in [-0.25, -0.2) is 4.98 Å². The summed E-state index contributed by atoms with van der Waals surface area (Å²) in [6.07, 6.45) is 2.63. The predicted octanol–water partition coefficient (Wildman–Crippen LogP) is 1.01. The van der Waals surface area contributed by atoms with Crippen LogP contribution < -0.4 is 15.4 Å². The fourth-order valence-corrected chi connectivity index (χ4v) is 2.88. The number of hydrogen-bond donors (Lipinski definition) is 2. The molecule has 0 unspecified atom stereocenters. The fourth-order valence-electron chi connectivity index (χ4n) is 2.88. The van der Waals surface area contributed by atoms with Crippen molar-refractivity contribution in [1.82, 2.24) is 20.5 Å². The van der Waals surface area contributed by atoms with Gasteiger partial charge in [0.15, 0.2) is 5.96 Å². The molecule has 0 aliphatic carbocycles. The van der Waals surface area contributed by atoms with E-state index in [0.29, 0.717) is 24.8 Å². The maximum absolute atomic E-state index is 11.5. The zero-order chi connectivity index (χ0) is 17.4. The fraction of sp³-hybridized carbons (Fsp3) is 0.588. The van der Waals surface area contributed by atoms with Crippen molar-refractivity contribution in [3.63, 3.8) is 0 Å². The topological polar surface area (TPSA) is 78.9 Å². The maximum atomic E-state index is 11.5. The number of guanidine groups is 1. The van der Waals surface area contributed by atoms with Crippen LogP contribution in [0.15, 0.2) is 23.2 Å². The number of carbonyl (C=O) groups excluding carboxylic acids is 1. The first-order valence-electron chi connectivity index (χ1n) is 8.32. The third kappa shape index (κ3) is 5.11. The van der Waals surface area contributed by atoms with Gasteiger partial charge in [-0.15, -0.1) is 0 Å². The second-order valence-electron chi connectivity index (χ2n) is 5.88. The molecule has 0 atom stereocenters. The van der Waals surface area contributed by atoms with Gasteiger partial charge in [-0.05, 0) is 24.8 Å². The Morgan fingerprint density at radius 3 is 2.79 bits per heavy atom. The average Bonchev–Trinajstić information content (AvgIpc) is 2.63. The molecule has 0 bridgehead atoms. The van der Waals surface area contributed by atoms with Crippen LogP contribution in [-0.2, 0) is 11.3 Å². The molecule has 2 rings (SSSR count). The number of pyridine rings is 1. The minimum Gasteiger partial charge on any atom is -0.481 e. The van der Waals surface area contributed by atoms with Gasteiger partial charge in [0.05, 0.1) is 19.3 Å². The number of ether oxygens (including phenoxy) is 1. The van der Waals surface area contributed by atoms with Gasteiger partial charge in [0.1, 0.15) is 0 Å². The maximum Gasteiger partial charge on any atom is 0.220 e. The highest BCUT2D eigenvalue weighted by atomic mass is 16.5. The van der Waals surface area contributed by atoms with Gasteiger partial charge in [-0.3, -0.25) is 9.79 Å². The molecule has 0 aromatic carbocycles. The number of aromatic nitrogens is 1. The van der Waals surface area contributed by atoms with Crippen molar-refractivity contribution >= 4 is 11.9 Å². The third-order valence-corrected chi connectivity index (χ3v) is 4.30. The van der Waals surface area contributed by atoms with Crippen molar-refractivity contribution < 1.29 is 9.53 Å². The molecule has 1 fully saturated rings. The number of hydrogen-bond acceptors (Lipinski definition) is 4. The normalized spacial score (nSPS) is 16.0. The van der Waals surface area contributed by atoms with Crippen LogP contribution in [0.1, 0.15) is 25.0 Å². The Bertz CT molecular complexity index is 568. The average molecular weight is 333 g/mol. The Morgan fingerprint density at radius 2 is 2.17 bits per heavy atom. The van der Waals surface area contributed by atoms with Crippen LogP contribution in [0.2, 0.25) is 0 Å². The quantitative estimate of drug-likeness (QED) is 0.621. The van der Waals surface area contributed by atoms with E-state index in [9.17, 15) is 4.79 Å². The molecule has 1 saturated heterocycles. The molecule has 1 aliphatic heterocycles. The van der Waals surface area contributed by atoms with Crippen molar-refractivity contribution in [1.29, 1.82) is 0 Å². The van der Waals surface area contributed by atoms with Crippen LogP contribution in [-0.4, -0.2) is 56.0 Å². The van der Waals surface area contributed by atoms with Crippen LogP contribution in [0, 0.1) is 5.92 Å². The summed E-state index contributed by atoms with van der Waals surface area (Å²) in [7, 11) is 5.09. The summed E-state index contributed by atoms with van der Waals surface area (Å²) < 4.78 is 5.14. The summed E-state index contributed by atoms with van der Waals surface area (Å²) >= 11 is 0. The molecule has 24 heavy (non-hydrogen) atoms. The number of aliphatic imine (C=N–C) groups is 1. The van der Waals surface area contributed by atoms with E-state index in [1.54, 1.807) is 21.2 Å². The number of methoxy groups -OCH3 is 1. The SMILES string of the molecule is CN=C(NCc1cccc(OC)n1)N1CCC(CC(=O)NC)CC1.